The van der Waals surface area contributed by atoms with E-state index in [9.17, 15) is 38.4 Å². The van der Waals surface area contributed by atoms with Crippen molar-refractivity contribution in [3.8, 4) is 0 Å². The first-order valence-corrected chi connectivity index (χ1v) is 47.6. The van der Waals surface area contributed by atoms with Gasteiger partial charge in [-0.05, 0) is 86.3 Å². The molecule has 0 aromatic heterocycles. The summed E-state index contributed by atoms with van der Waals surface area (Å²) in [7, 11) is 7.50. The Kier molecular flexibility index (Phi) is 82.4. The smallest absolute Gasteiger partial charge is 0.302 e. The lowest BCUT2D eigenvalue weighted by atomic mass is 10.2. The van der Waals surface area contributed by atoms with E-state index < -0.39 is 16.1 Å². The number of unbranched alkanes of at least 4 members (excludes halogenated alkanes) is 8. The van der Waals surface area contributed by atoms with E-state index in [1.807, 2.05) is 164 Å². The van der Waals surface area contributed by atoms with E-state index in [-0.39, 0.29) is 47.3 Å². The summed E-state index contributed by atoms with van der Waals surface area (Å²) in [5.74, 6) is 0.366. The highest BCUT2D eigenvalue weighted by atomic mass is 28.3. The van der Waals surface area contributed by atoms with Gasteiger partial charge < -0.3 is 39.5 Å². The molecule has 0 aliphatic carbocycles. The van der Waals surface area contributed by atoms with Crippen LogP contribution in [0.4, 0.5) is 28.4 Å². The van der Waals surface area contributed by atoms with Crippen LogP contribution in [0.5, 0.6) is 0 Å². The van der Waals surface area contributed by atoms with Crippen molar-refractivity contribution < 1.29 is 43.1 Å². The Balaban J connectivity index is -0.000000210. The lowest BCUT2D eigenvalue weighted by Gasteiger charge is -2.20. The third-order valence-electron chi connectivity index (χ3n) is 16.1. The predicted octanol–water partition coefficient (Wildman–Crippen LogP) is 23.7. The summed E-state index contributed by atoms with van der Waals surface area (Å²) in [4.78, 5) is 95.7. The number of hydrogen-bond donors (Lipinski definition) is 1. The normalized spacial score (nSPS) is 9.59. The zero-order valence-corrected chi connectivity index (χ0v) is 76.8. The molecule has 16 nitrogen and oxygen atoms in total. The van der Waals surface area contributed by atoms with Gasteiger partial charge in [0.25, 0.3) is 0 Å². The molecule has 7 amide bonds. The van der Waals surface area contributed by atoms with Crippen molar-refractivity contribution in [1.29, 1.82) is 0 Å². The molecule has 0 bridgehead atoms. The fourth-order valence-electron chi connectivity index (χ4n) is 8.64. The van der Waals surface area contributed by atoms with Crippen molar-refractivity contribution in [2.24, 2.45) is 0 Å². The van der Waals surface area contributed by atoms with Crippen LogP contribution in [0.2, 0.25) is 50.9 Å². The number of nitrogens with zero attached hydrogens (tertiary/aromatic N) is 6. The summed E-state index contributed by atoms with van der Waals surface area (Å²) >= 11 is 0. The molecule has 622 valence electrons. The molecule has 0 aliphatic rings. The second-order valence-electron chi connectivity index (χ2n) is 28.5. The number of carbonyl (C=O) groups excluding carboxylic acids is 8. The largest absolute Gasteiger partial charge is 0.466 e. The van der Waals surface area contributed by atoms with Crippen molar-refractivity contribution in [2.45, 2.75) is 292 Å². The number of anilines is 5. The van der Waals surface area contributed by atoms with Gasteiger partial charge in [-0.15, -0.1) is 0 Å². The number of hydrogen-bond acceptors (Lipinski definition) is 9. The average molecular weight is 1550 g/mol. The van der Waals surface area contributed by atoms with Crippen molar-refractivity contribution in [3.05, 3.63) is 152 Å². The molecule has 5 rings (SSSR count). The molecule has 0 unspecified atom stereocenters. The average Bonchev–Trinajstić information content (AvgIpc) is 0.911. The molecule has 0 aliphatic heterocycles. The standard InChI is InChI=1S/C12H17NO.4C9H11NO.C9H22Si.C7H15NO.C6H13NO.C6H12O2.C6H16Si.C5H12.C4H10/c1-3-4-10-13(11(2)14)12-8-6-5-7-9-12;4*1-8(11)10(2)9-6-4-3-5-7-9;1-5-7-9-10(3,4)8-6-2;1-4-5-6-8(3)7(2)9;1-3-4-5-7-6(2)8;1-3-4-5-8-6(2)7;1-5-6-7(2,3)4;1-3-5-4-2;1-3-4-2/h5-9H,3-4,10H2,1-2H3;4*3-7H,1-2H3;5-9H2,1-4H3;4-6H2,1-3H3;3-5H2,1-2H3,(H,7,8);3-5H2,1-2H3;5-6H2,1-4H3;3-5H2,1-2H3;3-4H2,1-2H3. The van der Waals surface area contributed by atoms with Gasteiger partial charge in [0.05, 0.1) is 6.61 Å². The number of benzene rings is 5. The van der Waals surface area contributed by atoms with E-state index in [0.29, 0.717) is 6.61 Å². The van der Waals surface area contributed by atoms with Gasteiger partial charge in [0.2, 0.25) is 41.4 Å². The molecule has 1 N–H and O–H groups in total. The van der Waals surface area contributed by atoms with Crippen LogP contribution in [-0.4, -0.2) is 130 Å². The Bertz CT molecular complexity index is 2680. The topological polar surface area (TPSA) is 177 Å². The van der Waals surface area contributed by atoms with Crippen molar-refractivity contribution >= 4 is 91.9 Å². The van der Waals surface area contributed by atoms with Crippen LogP contribution >= 0.6 is 0 Å². The van der Waals surface area contributed by atoms with E-state index in [0.717, 1.165) is 99.4 Å². The highest BCUT2D eigenvalue weighted by Gasteiger charge is 2.18. The fraction of sp³-hybridized carbons (Fsp3) is 0.582. The number of rotatable bonds is 27. The van der Waals surface area contributed by atoms with E-state index in [1.165, 1.54) is 89.8 Å². The lowest BCUT2D eigenvalue weighted by Crippen LogP contribution is -2.29. The molecule has 109 heavy (non-hydrogen) atoms. The first-order chi connectivity index (χ1) is 51.3. The summed E-state index contributed by atoms with van der Waals surface area (Å²) in [6.07, 6.45) is 21.0. The number of amides is 7. The highest BCUT2D eigenvalue weighted by Crippen LogP contribution is 2.20. The maximum Gasteiger partial charge on any atom is 0.302 e. The molecule has 0 saturated heterocycles. The Morgan fingerprint density at radius 1 is 0.312 bits per heavy atom. The molecule has 5 aromatic carbocycles. The van der Waals surface area contributed by atoms with Crippen LogP contribution < -0.4 is 29.8 Å². The van der Waals surface area contributed by atoms with Crippen LogP contribution in [0.25, 0.3) is 0 Å². The minimum atomic E-state index is -0.724. The maximum atomic E-state index is 11.4. The van der Waals surface area contributed by atoms with Crippen LogP contribution in [0.15, 0.2) is 152 Å². The van der Waals surface area contributed by atoms with Gasteiger partial charge in [0, 0.05) is 155 Å². The first-order valence-electron chi connectivity index (χ1n) is 40.4. The van der Waals surface area contributed by atoms with Crippen molar-refractivity contribution in [2.75, 3.05) is 86.0 Å². The van der Waals surface area contributed by atoms with Crippen molar-refractivity contribution in [3.63, 3.8) is 0 Å². The number of esters is 1. The Morgan fingerprint density at radius 3 is 0.817 bits per heavy atom. The van der Waals surface area contributed by atoms with E-state index >= 15 is 0 Å². The van der Waals surface area contributed by atoms with Gasteiger partial charge in [0.1, 0.15) is 0 Å². The van der Waals surface area contributed by atoms with Crippen LogP contribution in [0.1, 0.15) is 241 Å². The molecule has 0 atom stereocenters. The SMILES string of the molecule is CC(=O)N(C)c1ccccc1.CC(=O)N(C)c1ccccc1.CC(=O)N(C)c1ccccc1.CC(=O)N(C)c1ccccc1.CCCC.CCCCC.CCCCN(C(C)=O)c1ccccc1.CCCCN(C)C(C)=O.CCCCNC(C)=O.CCCCOC(C)=O.CCCC[Si](C)(C)CCC.CCC[Si](C)(C)C. The Hall–Kier alpha value is -7.71. The molecule has 0 radical (unpaired) electrons. The molecule has 5 aromatic rings. The quantitative estimate of drug-likeness (QED) is 0.0304. The minimum Gasteiger partial charge on any atom is -0.466 e. The first kappa shape index (κ1) is 115. The zero-order chi connectivity index (χ0) is 85.0. The molecular weight excluding hydrogens is 1390 g/mol. The number of carbonyl (C=O) groups is 8. The van der Waals surface area contributed by atoms with Gasteiger partial charge in [-0.25, -0.2) is 0 Å². The minimum absolute atomic E-state index is 0.0520. The van der Waals surface area contributed by atoms with Crippen molar-refractivity contribution in [1.82, 2.24) is 10.2 Å². The summed E-state index contributed by atoms with van der Waals surface area (Å²) in [5, 5.41) is 2.71. The van der Waals surface area contributed by atoms with Gasteiger partial charge in [-0.3, -0.25) is 38.4 Å². The molecule has 0 heterocycles. The predicted molar refractivity (Wildman–Crippen MR) is 481 cm³/mol. The van der Waals surface area contributed by atoms with Crippen LogP contribution in [-0.2, 0) is 43.1 Å². The fourth-order valence-corrected chi connectivity index (χ4v) is 13.1. The molecule has 0 saturated carbocycles. The molecule has 0 spiro atoms. The third kappa shape index (κ3) is 79.7. The second kappa shape index (κ2) is 78.4. The number of nitrogens with one attached hydrogen (secondary N) is 1. The third-order valence-corrected chi connectivity index (χ3v) is 21.6. The molecular formula is C91H161N7O9Si2. The van der Waals surface area contributed by atoms with E-state index in [4.69, 9.17) is 0 Å². The van der Waals surface area contributed by atoms with E-state index in [2.05, 4.69) is 119 Å². The second-order valence-corrected chi connectivity index (χ2v) is 39.5. The van der Waals surface area contributed by atoms with Gasteiger partial charge >= 0.3 is 5.97 Å². The number of ether oxygens (including phenoxy) is 1. The summed E-state index contributed by atoms with van der Waals surface area (Å²) in [6.45, 7) is 51.8. The number of para-hydroxylation sites is 5. The summed E-state index contributed by atoms with van der Waals surface area (Å²) in [6, 6.07) is 52.6. The Labute approximate surface area is 670 Å². The lowest BCUT2D eigenvalue weighted by molar-refractivity contribution is -0.141. The van der Waals surface area contributed by atoms with Crippen LogP contribution in [0, 0.1) is 0 Å². The Morgan fingerprint density at radius 2 is 0.606 bits per heavy atom. The molecule has 0 fully saturated rings. The van der Waals surface area contributed by atoms with E-state index in [1.54, 1.807) is 94.2 Å². The highest BCUT2D eigenvalue weighted by molar-refractivity contribution is 6.77. The van der Waals surface area contributed by atoms with Gasteiger partial charge in [-0.1, -0.05) is 301 Å². The maximum absolute atomic E-state index is 11.4. The molecule has 18 heteroatoms. The summed E-state index contributed by atoms with van der Waals surface area (Å²) < 4.78 is 4.64. The summed E-state index contributed by atoms with van der Waals surface area (Å²) in [5.41, 5.74) is 4.72. The monoisotopic (exact) mass is 1550 g/mol. The van der Waals surface area contributed by atoms with Gasteiger partial charge in [0.15, 0.2) is 0 Å². The zero-order valence-electron chi connectivity index (χ0n) is 74.8. The van der Waals surface area contributed by atoms with Gasteiger partial charge in [-0.2, -0.15) is 0 Å². The van der Waals surface area contributed by atoms with Crippen LogP contribution in [0.3, 0.4) is 0 Å².